The van der Waals surface area contributed by atoms with Crippen LogP contribution >= 0.6 is 23.5 Å². The lowest BCUT2D eigenvalue weighted by Gasteiger charge is -2.05. The van der Waals surface area contributed by atoms with E-state index < -0.39 is 16.1 Å². The number of carbonyl (C=O) groups excluding carboxylic acids is 1. The van der Waals surface area contributed by atoms with E-state index in [4.69, 9.17) is 0 Å². The molecule has 10 heteroatoms. The standard InChI is InChI=1S/C13H14N2O5S3/c1-19-12(16)11(22-13-14-7-8-21-13)15-20-23(17,18)9-10-5-3-2-4-6-10/h2-6H,7-9H2,1H3/b15-11-. The molecule has 0 radical (unpaired) electrons. The Morgan fingerprint density at radius 3 is 2.74 bits per heavy atom. The van der Waals surface area contributed by atoms with E-state index in [1.54, 1.807) is 30.3 Å². The van der Waals surface area contributed by atoms with Crippen molar-refractivity contribution in [3.63, 3.8) is 0 Å². The topological polar surface area (TPSA) is 94.4 Å². The summed E-state index contributed by atoms with van der Waals surface area (Å²) in [6, 6.07) is 8.54. The molecule has 0 unspecified atom stereocenters. The molecule has 1 aromatic carbocycles. The largest absolute Gasteiger partial charge is 0.464 e. The highest BCUT2D eigenvalue weighted by Crippen LogP contribution is 2.24. The van der Waals surface area contributed by atoms with Crippen molar-refractivity contribution < 1.29 is 22.2 Å². The first-order valence-electron chi connectivity index (χ1n) is 6.47. The molecule has 0 spiro atoms. The van der Waals surface area contributed by atoms with E-state index in [0.29, 0.717) is 16.5 Å². The first-order chi connectivity index (χ1) is 11.0. The summed E-state index contributed by atoms with van der Waals surface area (Å²) < 4.78 is 33.7. The van der Waals surface area contributed by atoms with Crippen LogP contribution in [0.25, 0.3) is 0 Å². The zero-order valence-electron chi connectivity index (χ0n) is 12.2. The third-order valence-corrected chi connectivity index (χ3v) is 5.61. The Hall–Kier alpha value is -1.52. The van der Waals surface area contributed by atoms with Crippen molar-refractivity contribution in [2.45, 2.75) is 5.75 Å². The van der Waals surface area contributed by atoms with Crippen molar-refractivity contribution in [2.24, 2.45) is 10.1 Å². The molecule has 1 heterocycles. The molecule has 7 nitrogen and oxygen atoms in total. The zero-order valence-corrected chi connectivity index (χ0v) is 14.6. The predicted molar refractivity (Wildman–Crippen MR) is 92.0 cm³/mol. The van der Waals surface area contributed by atoms with Crippen LogP contribution in [0.3, 0.4) is 0 Å². The van der Waals surface area contributed by atoms with Crippen LogP contribution in [-0.4, -0.2) is 43.2 Å². The lowest BCUT2D eigenvalue weighted by atomic mass is 10.2. The lowest BCUT2D eigenvalue weighted by Crippen LogP contribution is -2.16. The van der Waals surface area contributed by atoms with E-state index in [0.717, 1.165) is 17.5 Å². The van der Waals surface area contributed by atoms with Crippen LogP contribution in [0.1, 0.15) is 5.56 Å². The van der Waals surface area contributed by atoms with Gasteiger partial charge in [-0.25, -0.2) is 4.79 Å². The van der Waals surface area contributed by atoms with Crippen LogP contribution in [0.2, 0.25) is 0 Å². The SMILES string of the molecule is COC(=O)/C(=N/OS(=O)(=O)Cc1ccccc1)SC1=NCCS1. The number of esters is 1. The van der Waals surface area contributed by atoms with Crippen molar-refractivity contribution in [1.29, 1.82) is 0 Å². The summed E-state index contributed by atoms with van der Waals surface area (Å²) in [6.07, 6.45) is 0. The fraction of sp³-hybridized carbons (Fsp3) is 0.308. The number of oxime groups is 1. The molecule has 0 bridgehead atoms. The average molecular weight is 374 g/mol. The van der Waals surface area contributed by atoms with E-state index in [9.17, 15) is 13.2 Å². The van der Waals surface area contributed by atoms with E-state index in [-0.39, 0.29) is 10.8 Å². The number of rotatable bonds is 4. The first-order valence-corrected chi connectivity index (χ1v) is 9.85. The number of ether oxygens (including phenoxy) is 1. The Bertz CT molecular complexity index is 716. The van der Waals surface area contributed by atoms with Crippen LogP contribution in [0, 0.1) is 0 Å². The number of aliphatic imine (C=N–C) groups is 1. The van der Waals surface area contributed by atoms with Gasteiger partial charge in [-0.1, -0.05) is 47.2 Å². The molecule has 0 aliphatic carbocycles. The summed E-state index contributed by atoms with van der Waals surface area (Å²) in [5, 5.41) is 3.24. The second-order valence-corrected chi connectivity index (χ2v) is 8.12. The Labute approximate surface area is 142 Å². The predicted octanol–water partition coefficient (Wildman–Crippen LogP) is 1.86. The molecule has 1 aliphatic rings. The quantitative estimate of drug-likeness (QED) is 0.343. The molecule has 0 amide bonds. The fourth-order valence-electron chi connectivity index (χ4n) is 1.54. The number of thioether (sulfide) groups is 2. The maximum Gasteiger partial charge on any atom is 0.367 e. The number of benzene rings is 1. The monoisotopic (exact) mass is 374 g/mol. The molecule has 1 aromatic rings. The van der Waals surface area contributed by atoms with E-state index >= 15 is 0 Å². The summed E-state index contributed by atoms with van der Waals surface area (Å²) in [4.78, 5) is 15.8. The van der Waals surface area contributed by atoms with Gasteiger partial charge < -0.3 is 4.74 Å². The minimum Gasteiger partial charge on any atom is -0.464 e. The number of hydrogen-bond acceptors (Lipinski definition) is 9. The molecule has 0 aromatic heterocycles. The molecular weight excluding hydrogens is 360 g/mol. The zero-order chi connectivity index (χ0) is 16.7. The highest BCUT2D eigenvalue weighted by atomic mass is 32.2. The summed E-state index contributed by atoms with van der Waals surface area (Å²) >= 11 is 2.38. The van der Waals surface area contributed by atoms with Crippen molar-refractivity contribution >= 4 is 49.0 Å². The van der Waals surface area contributed by atoms with Gasteiger partial charge in [0.1, 0.15) is 10.1 Å². The molecule has 0 fully saturated rings. The van der Waals surface area contributed by atoms with E-state index in [1.165, 1.54) is 18.9 Å². The van der Waals surface area contributed by atoms with Gasteiger partial charge in [0.25, 0.3) is 0 Å². The second-order valence-electron chi connectivity index (χ2n) is 4.25. The van der Waals surface area contributed by atoms with Gasteiger partial charge in [0.05, 0.1) is 13.7 Å². The number of hydrogen-bond donors (Lipinski definition) is 0. The molecule has 0 saturated heterocycles. The smallest absolute Gasteiger partial charge is 0.367 e. The van der Waals surface area contributed by atoms with Crippen molar-refractivity contribution in [2.75, 3.05) is 19.4 Å². The van der Waals surface area contributed by atoms with Gasteiger partial charge in [-0.15, -0.1) is 0 Å². The third-order valence-electron chi connectivity index (χ3n) is 2.52. The molecular formula is C13H14N2O5S3. The average Bonchev–Trinajstić information content (AvgIpc) is 3.04. The molecule has 124 valence electrons. The van der Waals surface area contributed by atoms with Gasteiger partial charge in [0.15, 0.2) is 0 Å². The van der Waals surface area contributed by atoms with Crippen LogP contribution < -0.4 is 0 Å². The molecule has 1 aliphatic heterocycles. The van der Waals surface area contributed by atoms with Gasteiger partial charge in [-0.2, -0.15) is 8.42 Å². The lowest BCUT2D eigenvalue weighted by molar-refractivity contribution is -0.132. The first kappa shape index (κ1) is 17.8. The van der Waals surface area contributed by atoms with Gasteiger partial charge in [-0.05, 0) is 17.3 Å². The Morgan fingerprint density at radius 1 is 1.39 bits per heavy atom. The Kier molecular flexibility index (Phi) is 6.48. The van der Waals surface area contributed by atoms with Crippen LogP contribution in [0.4, 0.5) is 0 Å². The Morgan fingerprint density at radius 2 is 2.13 bits per heavy atom. The molecule has 0 N–H and O–H groups in total. The minimum atomic E-state index is -3.96. The summed E-state index contributed by atoms with van der Waals surface area (Å²) in [5.74, 6) is -0.309. The molecule has 2 rings (SSSR count). The summed E-state index contributed by atoms with van der Waals surface area (Å²) in [7, 11) is -2.78. The third kappa shape index (κ3) is 5.88. The maximum atomic E-state index is 11.9. The minimum absolute atomic E-state index is 0.211. The second kappa shape index (κ2) is 8.37. The number of methoxy groups -OCH3 is 1. The van der Waals surface area contributed by atoms with Crippen molar-refractivity contribution in [3.05, 3.63) is 35.9 Å². The van der Waals surface area contributed by atoms with Gasteiger partial charge >= 0.3 is 16.1 Å². The number of nitrogens with zero attached hydrogens (tertiary/aromatic N) is 2. The molecule has 0 atom stereocenters. The Balaban J connectivity index is 2.07. The van der Waals surface area contributed by atoms with Crippen LogP contribution in [-0.2, 0) is 29.7 Å². The summed E-state index contributed by atoms with van der Waals surface area (Å²) in [6.45, 7) is 0.647. The molecule has 0 saturated carbocycles. The van der Waals surface area contributed by atoms with Crippen molar-refractivity contribution in [1.82, 2.24) is 0 Å². The van der Waals surface area contributed by atoms with Gasteiger partial charge in [0.2, 0.25) is 5.04 Å². The normalized spacial score (nSPS) is 15.2. The summed E-state index contributed by atoms with van der Waals surface area (Å²) in [5.41, 5.74) is 0.561. The molecule has 23 heavy (non-hydrogen) atoms. The van der Waals surface area contributed by atoms with Crippen molar-refractivity contribution in [3.8, 4) is 0 Å². The van der Waals surface area contributed by atoms with Crippen LogP contribution in [0.5, 0.6) is 0 Å². The van der Waals surface area contributed by atoms with E-state index in [2.05, 4.69) is 19.2 Å². The highest BCUT2D eigenvalue weighted by Gasteiger charge is 2.22. The van der Waals surface area contributed by atoms with Gasteiger partial charge in [0, 0.05) is 5.75 Å². The maximum absolute atomic E-state index is 11.9. The van der Waals surface area contributed by atoms with E-state index in [1.807, 2.05) is 0 Å². The van der Waals surface area contributed by atoms with Crippen LogP contribution in [0.15, 0.2) is 40.5 Å². The number of carbonyl (C=O) groups is 1. The van der Waals surface area contributed by atoms with Gasteiger partial charge in [-0.3, -0.25) is 9.28 Å². The fourth-order valence-corrected chi connectivity index (χ4v) is 4.25. The highest BCUT2D eigenvalue weighted by molar-refractivity contribution is 8.45.